The number of nitrogens with one attached hydrogen (secondary N) is 1. The third-order valence-corrected chi connectivity index (χ3v) is 3.23. The molecule has 1 aromatic heterocycles. The van der Waals surface area contributed by atoms with Crippen molar-refractivity contribution in [3.05, 3.63) is 36.0 Å². The number of carbonyl (C=O) groups is 1. The molecule has 2 aromatic rings. The summed E-state index contributed by atoms with van der Waals surface area (Å²) in [5, 5.41) is 2.22. The zero-order valence-electron chi connectivity index (χ0n) is 9.78. The van der Waals surface area contributed by atoms with Crippen molar-refractivity contribution in [1.29, 1.82) is 0 Å². The van der Waals surface area contributed by atoms with E-state index < -0.39 is 17.8 Å². The molecule has 100 valence electrons. The molecule has 0 saturated carbocycles. The normalized spacial score (nSPS) is 11.4. The summed E-state index contributed by atoms with van der Waals surface area (Å²) < 4.78 is 38.7. The van der Waals surface area contributed by atoms with Crippen molar-refractivity contribution in [2.24, 2.45) is 0 Å². The van der Waals surface area contributed by atoms with E-state index in [1.54, 1.807) is 30.3 Å². The first kappa shape index (κ1) is 13.5. The lowest BCUT2D eigenvalue weighted by Crippen LogP contribution is -2.09. The molecule has 1 N–H and O–H groups in total. The molecule has 1 amide bonds. The molecular weight excluding hydrogens is 277 g/mol. The summed E-state index contributed by atoms with van der Waals surface area (Å²) in [5.74, 6) is -0.456. The number of thiazole rings is 1. The fraction of sp³-hybridized carbons (Fsp3) is 0.167. The number of amides is 1. The average Bonchev–Trinajstić information content (AvgIpc) is 2.73. The smallest absolute Gasteiger partial charge is 0.302 e. The summed E-state index contributed by atoms with van der Waals surface area (Å²) in [6.45, 7) is 1.22. The van der Waals surface area contributed by atoms with Crippen molar-refractivity contribution in [3.8, 4) is 10.4 Å². The Labute approximate surface area is 111 Å². The predicted molar refractivity (Wildman–Crippen MR) is 66.9 cm³/mol. The fourth-order valence-corrected chi connectivity index (χ4v) is 2.54. The summed E-state index contributed by atoms with van der Waals surface area (Å²) in [6, 6.07) is 8.15. The van der Waals surface area contributed by atoms with Gasteiger partial charge in [0, 0.05) is 6.92 Å². The predicted octanol–water partition coefficient (Wildman–Crippen LogP) is 3.79. The summed E-state index contributed by atoms with van der Waals surface area (Å²) in [6.07, 6.45) is -4.56. The van der Waals surface area contributed by atoms with Crippen LogP contribution in [-0.4, -0.2) is 10.9 Å². The Morgan fingerprint density at radius 1 is 1.26 bits per heavy atom. The second kappa shape index (κ2) is 5.00. The Balaban J connectivity index is 2.52. The monoisotopic (exact) mass is 286 g/mol. The van der Waals surface area contributed by atoms with E-state index in [0.29, 0.717) is 5.56 Å². The highest BCUT2D eigenvalue weighted by Gasteiger charge is 2.38. The van der Waals surface area contributed by atoms with E-state index in [4.69, 9.17) is 0 Å². The minimum atomic E-state index is -4.56. The number of rotatable bonds is 2. The van der Waals surface area contributed by atoms with Gasteiger partial charge in [0.2, 0.25) is 5.91 Å². The van der Waals surface area contributed by atoms with Crippen LogP contribution in [0.3, 0.4) is 0 Å². The zero-order chi connectivity index (χ0) is 14.0. The topological polar surface area (TPSA) is 42.0 Å². The molecule has 2 rings (SSSR count). The van der Waals surface area contributed by atoms with Crippen LogP contribution in [0.5, 0.6) is 0 Å². The molecule has 0 spiro atoms. The molecule has 0 atom stereocenters. The highest BCUT2D eigenvalue weighted by molar-refractivity contribution is 7.19. The van der Waals surface area contributed by atoms with E-state index in [2.05, 4.69) is 10.3 Å². The lowest BCUT2D eigenvalue weighted by Gasteiger charge is -2.05. The van der Waals surface area contributed by atoms with Crippen molar-refractivity contribution >= 4 is 22.4 Å². The highest BCUT2D eigenvalue weighted by Crippen LogP contribution is 2.41. The molecular formula is C12H9F3N2OS. The zero-order valence-corrected chi connectivity index (χ0v) is 10.6. The number of aromatic nitrogens is 1. The highest BCUT2D eigenvalue weighted by atomic mass is 32.1. The van der Waals surface area contributed by atoms with Crippen LogP contribution in [0.15, 0.2) is 30.3 Å². The number of carbonyl (C=O) groups excluding carboxylic acids is 1. The van der Waals surface area contributed by atoms with Crippen molar-refractivity contribution in [2.45, 2.75) is 13.1 Å². The Morgan fingerprint density at radius 2 is 1.89 bits per heavy atom. The van der Waals surface area contributed by atoms with Gasteiger partial charge in [0.05, 0.1) is 4.88 Å². The van der Waals surface area contributed by atoms with E-state index in [0.717, 1.165) is 11.3 Å². The molecule has 0 bridgehead atoms. The lowest BCUT2D eigenvalue weighted by molar-refractivity contribution is -0.140. The standard InChI is InChI=1S/C12H9F3N2OS/c1-7(18)16-11-17-10(12(13,14)15)9(19-11)8-5-3-2-4-6-8/h2-6H,1H3,(H,16,17,18). The van der Waals surface area contributed by atoms with Crippen molar-refractivity contribution in [1.82, 2.24) is 4.98 Å². The number of hydrogen-bond acceptors (Lipinski definition) is 3. The van der Waals surface area contributed by atoms with Crippen LogP contribution in [0.1, 0.15) is 12.6 Å². The second-order valence-electron chi connectivity index (χ2n) is 3.74. The lowest BCUT2D eigenvalue weighted by atomic mass is 10.1. The molecule has 0 unspecified atom stereocenters. The first-order valence-corrected chi connectivity index (χ1v) is 6.10. The number of benzene rings is 1. The molecule has 1 aromatic carbocycles. The molecule has 3 nitrogen and oxygen atoms in total. The van der Waals surface area contributed by atoms with Gasteiger partial charge in [0.1, 0.15) is 0 Å². The maximum Gasteiger partial charge on any atom is 0.434 e. The Hall–Kier alpha value is -1.89. The number of halogens is 3. The van der Waals surface area contributed by atoms with Gasteiger partial charge in [-0.05, 0) is 5.56 Å². The van der Waals surface area contributed by atoms with Crippen LogP contribution in [0.2, 0.25) is 0 Å². The third kappa shape index (κ3) is 3.11. The molecule has 7 heteroatoms. The molecule has 1 heterocycles. The van der Waals surface area contributed by atoms with E-state index in [1.807, 2.05) is 0 Å². The van der Waals surface area contributed by atoms with Gasteiger partial charge in [-0.3, -0.25) is 4.79 Å². The number of alkyl halides is 3. The van der Waals surface area contributed by atoms with Crippen molar-refractivity contribution in [3.63, 3.8) is 0 Å². The largest absolute Gasteiger partial charge is 0.434 e. The molecule has 0 aliphatic carbocycles. The fourth-order valence-electron chi connectivity index (χ4n) is 1.50. The van der Waals surface area contributed by atoms with Crippen LogP contribution in [0.25, 0.3) is 10.4 Å². The van der Waals surface area contributed by atoms with Gasteiger partial charge >= 0.3 is 6.18 Å². The Kier molecular flexibility index (Phi) is 3.57. The van der Waals surface area contributed by atoms with Gasteiger partial charge in [0.15, 0.2) is 10.8 Å². The first-order chi connectivity index (χ1) is 8.88. The molecule has 0 saturated heterocycles. The van der Waals surface area contributed by atoms with Gasteiger partial charge in [-0.1, -0.05) is 41.7 Å². The quantitative estimate of drug-likeness (QED) is 0.912. The Morgan fingerprint density at radius 3 is 2.42 bits per heavy atom. The van der Waals surface area contributed by atoms with Crippen LogP contribution in [0, 0.1) is 0 Å². The summed E-state index contributed by atoms with van der Waals surface area (Å²) in [5.41, 5.74) is -0.559. The maximum atomic E-state index is 12.9. The number of hydrogen-bond donors (Lipinski definition) is 1. The summed E-state index contributed by atoms with van der Waals surface area (Å²) in [7, 11) is 0. The van der Waals surface area contributed by atoms with Crippen LogP contribution < -0.4 is 5.32 Å². The molecule has 0 aliphatic heterocycles. The maximum absolute atomic E-state index is 12.9. The molecule has 19 heavy (non-hydrogen) atoms. The molecule has 0 radical (unpaired) electrons. The van der Waals surface area contributed by atoms with E-state index in [1.165, 1.54) is 6.92 Å². The summed E-state index contributed by atoms with van der Waals surface area (Å²) in [4.78, 5) is 14.4. The minimum Gasteiger partial charge on any atom is -0.302 e. The number of anilines is 1. The van der Waals surface area contributed by atoms with E-state index in [-0.39, 0.29) is 10.0 Å². The number of nitrogens with zero attached hydrogens (tertiary/aromatic N) is 1. The first-order valence-electron chi connectivity index (χ1n) is 5.29. The Bertz CT molecular complexity index is 593. The van der Waals surface area contributed by atoms with Gasteiger partial charge in [-0.25, -0.2) is 4.98 Å². The van der Waals surface area contributed by atoms with Crippen molar-refractivity contribution in [2.75, 3.05) is 5.32 Å². The van der Waals surface area contributed by atoms with Crippen LogP contribution in [0.4, 0.5) is 18.3 Å². The van der Waals surface area contributed by atoms with Gasteiger partial charge in [0.25, 0.3) is 0 Å². The average molecular weight is 286 g/mol. The van der Waals surface area contributed by atoms with E-state index >= 15 is 0 Å². The van der Waals surface area contributed by atoms with Gasteiger partial charge in [-0.2, -0.15) is 13.2 Å². The molecule has 0 fully saturated rings. The van der Waals surface area contributed by atoms with E-state index in [9.17, 15) is 18.0 Å². The SMILES string of the molecule is CC(=O)Nc1nc(C(F)(F)F)c(-c2ccccc2)s1. The van der Waals surface area contributed by atoms with Crippen LogP contribution >= 0.6 is 11.3 Å². The van der Waals surface area contributed by atoms with Gasteiger partial charge in [-0.15, -0.1) is 0 Å². The van der Waals surface area contributed by atoms with Crippen LogP contribution in [-0.2, 0) is 11.0 Å². The summed E-state index contributed by atoms with van der Waals surface area (Å²) >= 11 is 0.805. The van der Waals surface area contributed by atoms with Crippen molar-refractivity contribution < 1.29 is 18.0 Å². The van der Waals surface area contributed by atoms with Gasteiger partial charge < -0.3 is 5.32 Å². The minimum absolute atomic E-state index is 0.00292. The second-order valence-corrected chi connectivity index (χ2v) is 4.74. The molecule has 0 aliphatic rings. The third-order valence-electron chi connectivity index (χ3n) is 2.21.